The van der Waals surface area contributed by atoms with Gasteiger partial charge < -0.3 is 9.47 Å². The van der Waals surface area contributed by atoms with Crippen LogP contribution in [0.15, 0.2) is 29.3 Å². The molecule has 0 amide bonds. The van der Waals surface area contributed by atoms with Crippen LogP contribution in [-0.4, -0.2) is 25.3 Å². The number of halogens is 1. The monoisotopic (exact) mass is 364 g/mol. The number of allylic oxidation sites excluding steroid dienone is 1. The highest BCUT2D eigenvalue weighted by Crippen LogP contribution is 2.40. The zero-order chi connectivity index (χ0) is 17.3. The normalized spacial score (nSPS) is 14.7. The molecular weight excluding hydrogens is 348 g/mol. The van der Waals surface area contributed by atoms with E-state index in [-0.39, 0.29) is 23.1 Å². The van der Waals surface area contributed by atoms with Crippen molar-refractivity contribution < 1.29 is 19.1 Å². The van der Waals surface area contributed by atoms with Crippen LogP contribution in [0, 0.1) is 5.92 Å². The Hall–Kier alpha value is -1.85. The van der Waals surface area contributed by atoms with E-state index < -0.39 is 0 Å². The van der Waals surface area contributed by atoms with Gasteiger partial charge >= 0.3 is 0 Å². The third kappa shape index (κ3) is 3.06. The van der Waals surface area contributed by atoms with Crippen molar-refractivity contribution in [1.29, 1.82) is 0 Å². The Bertz CT molecular complexity index is 833. The predicted octanol–water partition coefficient (Wildman–Crippen LogP) is 4.65. The summed E-state index contributed by atoms with van der Waals surface area (Å²) in [6.45, 7) is 2.21. The lowest BCUT2D eigenvalue weighted by Gasteiger charge is -2.08. The Morgan fingerprint density at radius 2 is 2.12 bits per heavy atom. The second-order valence-corrected chi connectivity index (χ2v) is 6.84. The van der Waals surface area contributed by atoms with Gasteiger partial charge in [-0.05, 0) is 31.9 Å². The molecule has 2 aromatic rings. The summed E-state index contributed by atoms with van der Waals surface area (Å²) in [5, 5.41) is 3.02. The molecular formula is C18H17ClO4S. The molecule has 6 heteroatoms. The summed E-state index contributed by atoms with van der Waals surface area (Å²) < 4.78 is 11.3. The molecule has 1 aromatic carbocycles. The molecule has 24 heavy (non-hydrogen) atoms. The third-order valence-corrected chi connectivity index (χ3v) is 5.23. The minimum atomic E-state index is -0.327. The number of benzene rings is 1. The van der Waals surface area contributed by atoms with E-state index in [1.165, 1.54) is 17.6 Å². The molecule has 0 radical (unpaired) electrons. The summed E-state index contributed by atoms with van der Waals surface area (Å²) in [4.78, 5) is 25.5. The smallest absolute Gasteiger partial charge is 0.201 e. The summed E-state index contributed by atoms with van der Waals surface area (Å²) in [5.74, 6) is 0.103. The molecule has 3 rings (SSSR count). The summed E-state index contributed by atoms with van der Waals surface area (Å²) in [7, 11) is 1.56. The number of methoxy groups -OCH3 is 1. The van der Waals surface area contributed by atoms with Crippen LogP contribution in [0.2, 0.25) is 5.02 Å². The van der Waals surface area contributed by atoms with Crippen molar-refractivity contribution >= 4 is 44.6 Å². The number of hydrogen-bond donors (Lipinski definition) is 0. The average Bonchev–Trinajstić information content (AvgIpc) is 3.34. The van der Waals surface area contributed by atoms with E-state index in [1.54, 1.807) is 19.2 Å². The lowest BCUT2D eigenvalue weighted by atomic mass is 9.98. The van der Waals surface area contributed by atoms with Crippen LogP contribution < -0.4 is 4.74 Å². The molecule has 1 fully saturated rings. The number of ether oxygens (including phenoxy) is 2. The molecule has 1 aromatic heterocycles. The van der Waals surface area contributed by atoms with Gasteiger partial charge in [-0.15, -0.1) is 11.3 Å². The van der Waals surface area contributed by atoms with Crippen molar-refractivity contribution in [1.82, 2.24) is 0 Å². The third-order valence-electron chi connectivity index (χ3n) is 3.93. The number of hydrogen-bond acceptors (Lipinski definition) is 5. The van der Waals surface area contributed by atoms with Gasteiger partial charge in [0.05, 0.1) is 35.1 Å². The van der Waals surface area contributed by atoms with Gasteiger partial charge in [0.1, 0.15) is 11.3 Å². The summed E-state index contributed by atoms with van der Waals surface area (Å²) >= 11 is 7.63. The van der Waals surface area contributed by atoms with Gasteiger partial charge in [-0.2, -0.15) is 0 Å². The maximum Gasteiger partial charge on any atom is 0.201 e. The predicted molar refractivity (Wildman–Crippen MR) is 95.2 cm³/mol. The second kappa shape index (κ2) is 6.95. The number of fused-ring (bicyclic) bond motifs is 1. The van der Waals surface area contributed by atoms with E-state index in [9.17, 15) is 9.59 Å². The fourth-order valence-corrected chi connectivity index (χ4v) is 3.87. The van der Waals surface area contributed by atoms with E-state index in [0.29, 0.717) is 28.3 Å². The van der Waals surface area contributed by atoms with E-state index >= 15 is 0 Å². The maximum absolute atomic E-state index is 13.0. The van der Waals surface area contributed by atoms with Crippen LogP contribution in [0.1, 0.15) is 30.1 Å². The van der Waals surface area contributed by atoms with E-state index in [0.717, 1.165) is 17.5 Å². The SMILES string of the molecule is CCOC=C(C(=O)c1ccc(Cl)c2c(OC)csc12)C(=O)C1CC1. The van der Waals surface area contributed by atoms with Crippen LogP contribution >= 0.6 is 22.9 Å². The van der Waals surface area contributed by atoms with Crippen molar-refractivity contribution in [2.75, 3.05) is 13.7 Å². The topological polar surface area (TPSA) is 52.6 Å². The number of Topliss-reactive ketones (excluding diaryl/α,β-unsaturated/α-hetero) is 2. The Balaban J connectivity index is 2.07. The highest BCUT2D eigenvalue weighted by molar-refractivity contribution is 7.18. The van der Waals surface area contributed by atoms with Crippen LogP contribution in [-0.2, 0) is 9.53 Å². The Kier molecular flexibility index (Phi) is 4.92. The molecule has 1 aliphatic rings. The first-order chi connectivity index (χ1) is 11.6. The molecule has 0 atom stereocenters. The molecule has 4 nitrogen and oxygen atoms in total. The van der Waals surface area contributed by atoms with Crippen molar-refractivity contribution in [2.24, 2.45) is 5.92 Å². The van der Waals surface area contributed by atoms with E-state index in [4.69, 9.17) is 21.1 Å². The number of thiophene rings is 1. The van der Waals surface area contributed by atoms with Gasteiger partial charge in [-0.1, -0.05) is 11.6 Å². The highest BCUT2D eigenvalue weighted by atomic mass is 35.5. The van der Waals surface area contributed by atoms with Gasteiger partial charge in [0.2, 0.25) is 5.78 Å². The molecule has 0 N–H and O–H groups in total. The lowest BCUT2D eigenvalue weighted by molar-refractivity contribution is -0.116. The first-order valence-electron chi connectivity index (χ1n) is 7.72. The van der Waals surface area contributed by atoms with Crippen LogP contribution in [0.25, 0.3) is 10.1 Å². The summed E-state index contributed by atoms with van der Waals surface area (Å²) in [6.07, 6.45) is 2.96. The minimum absolute atomic E-state index is 0.0543. The highest BCUT2D eigenvalue weighted by Gasteiger charge is 2.35. The van der Waals surface area contributed by atoms with Crippen LogP contribution in [0.3, 0.4) is 0 Å². The maximum atomic E-state index is 13.0. The van der Waals surface area contributed by atoms with Gasteiger partial charge in [-0.25, -0.2) is 0 Å². The molecule has 126 valence electrons. The zero-order valence-corrected chi connectivity index (χ0v) is 15.0. The zero-order valence-electron chi connectivity index (χ0n) is 13.4. The minimum Gasteiger partial charge on any atom is -0.501 e. The van der Waals surface area contributed by atoms with E-state index in [1.807, 2.05) is 12.3 Å². The molecule has 0 bridgehead atoms. The van der Waals surface area contributed by atoms with E-state index in [2.05, 4.69) is 0 Å². The van der Waals surface area contributed by atoms with Crippen molar-refractivity contribution in [3.05, 3.63) is 39.9 Å². The second-order valence-electron chi connectivity index (χ2n) is 5.56. The quantitative estimate of drug-likeness (QED) is 0.236. The molecule has 0 saturated heterocycles. The molecule has 0 spiro atoms. The molecule has 1 aliphatic carbocycles. The first kappa shape index (κ1) is 17.0. The molecule has 0 unspecified atom stereocenters. The largest absolute Gasteiger partial charge is 0.501 e. The van der Waals surface area contributed by atoms with Crippen LogP contribution in [0.5, 0.6) is 5.75 Å². The standard InChI is InChI=1S/C18H17ClO4S/c1-3-23-8-12(16(20)10-4-5-10)17(21)11-6-7-13(19)15-14(22-2)9-24-18(11)15/h6-10H,3-5H2,1-2H3. The van der Waals surface area contributed by atoms with Gasteiger partial charge in [0.15, 0.2) is 5.78 Å². The van der Waals surface area contributed by atoms with Gasteiger partial charge in [0, 0.05) is 16.9 Å². The van der Waals surface area contributed by atoms with Crippen molar-refractivity contribution in [3.63, 3.8) is 0 Å². The Morgan fingerprint density at radius 3 is 2.75 bits per heavy atom. The summed E-state index contributed by atoms with van der Waals surface area (Å²) in [6, 6.07) is 3.31. The number of carbonyl (C=O) groups is 2. The van der Waals surface area contributed by atoms with Gasteiger partial charge in [-0.3, -0.25) is 9.59 Å². The number of ketones is 2. The molecule has 0 aliphatic heterocycles. The number of rotatable bonds is 7. The molecule has 1 heterocycles. The fourth-order valence-electron chi connectivity index (χ4n) is 2.51. The van der Waals surface area contributed by atoms with Gasteiger partial charge in [0.25, 0.3) is 0 Å². The van der Waals surface area contributed by atoms with Crippen molar-refractivity contribution in [3.8, 4) is 5.75 Å². The first-order valence-corrected chi connectivity index (χ1v) is 8.98. The fraction of sp³-hybridized carbons (Fsp3) is 0.333. The Morgan fingerprint density at radius 1 is 1.38 bits per heavy atom. The van der Waals surface area contributed by atoms with Crippen molar-refractivity contribution in [2.45, 2.75) is 19.8 Å². The number of carbonyl (C=O) groups excluding carboxylic acids is 2. The lowest BCUT2D eigenvalue weighted by Crippen LogP contribution is -2.15. The summed E-state index contributed by atoms with van der Waals surface area (Å²) in [5.41, 5.74) is 0.554. The Labute approximate surface area is 149 Å². The average molecular weight is 365 g/mol. The van der Waals surface area contributed by atoms with Crippen LogP contribution in [0.4, 0.5) is 0 Å². The molecule has 1 saturated carbocycles.